The van der Waals surface area contributed by atoms with Gasteiger partial charge in [0, 0.05) is 11.9 Å². The van der Waals surface area contributed by atoms with Crippen LogP contribution < -0.4 is 5.32 Å². The first-order chi connectivity index (χ1) is 6.58. The van der Waals surface area contributed by atoms with Gasteiger partial charge in [-0.05, 0) is 25.7 Å². The molecule has 5 heteroatoms. The Hall–Kier alpha value is -0.320. The highest BCUT2D eigenvalue weighted by molar-refractivity contribution is 7.14. The van der Waals surface area contributed by atoms with Crippen LogP contribution in [-0.4, -0.2) is 22.2 Å². The summed E-state index contributed by atoms with van der Waals surface area (Å²) in [5.74, 6) is 1.20. The lowest BCUT2D eigenvalue weighted by Gasteiger charge is -2.22. The number of thiazole rings is 1. The quantitative estimate of drug-likeness (QED) is 0.838. The van der Waals surface area contributed by atoms with Gasteiger partial charge in [-0.1, -0.05) is 11.6 Å². The molecule has 0 bridgehead atoms. The third-order valence-corrected chi connectivity index (χ3v) is 3.54. The zero-order chi connectivity index (χ0) is 10.2. The Morgan fingerprint density at radius 1 is 1.79 bits per heavy atom. The number of hydrogen-bond acceptors (Lipinski definition) is 4. The summed E-state index contributed by atoms with van der Waals surface area (Å²) in [4.78, 5) is 4.06. The van der Waals surface area contributed by atoms with E-state index in [0.29, 0.717) is 16.9 Å². The van der Waals surface area contributed by atoms with Crippen LogP contribution in [-0.2, 0) is 0 Å². The molecule has 1 aliphatic rings. The smallest absolute Gasteiger partial charge is 0.185 e. The first-order valence-electron chi connectivity index (χ1n) is 4.65. The van der Waals surface area contributed by atoms with Crippen molar-refractivity contribution in [2.24, 2.45) is 5.92 Å². The number of nitrogens with one attached hydrogen (secondary N) is 1. The summed E-state index contributed by atoms with van der Waals surface area (Å²) >= 11 is 7.08. The van der Waals surface area contributed by atoms with E-state index >= 15 is 0 Å². The minimum atomic E-state index is -0.615. The van der Waals surface area contributed by atoms with Gasteiger partial charge in [-0.2, -0.15) is 0 Å². The molecule has 14 heavy (non-hydrogen) atoms. The molecule has 2 rings (SSSR count). The molecule has 2 N–H and O–H groups in total. The van der Waals surface area contributed by atoms with Crippen molar-refractivity contribution in [1.29, 1.82) is 0 Å². The second-order valence-corrected chi connectivity index (χ2v) is 5.41. The molecule has 1 saturated carbocycles. The Morgan fingerprint density at radius 3 is 3.00 bits per heavy atom. The topological polar surface area (TPSA) is 45.1 Å². The molecule has 0 aliphatic heterocycles. The molecule has 0 amide bonds. The lowest BCUT2D eigenvalue weighted by Crippen LogP contribution is -2.35. The van der Waals surface area contributed by atoms with Crippen molar-refractivity contribution in [3.05, 3.63) is 9.85 Å². The van der Waals surface area contributed by atoms with Gasteiger partial charge in [0.05, 0.1) is 5.60 Å². The summed E-state index contributed by atoms with van der Waals surface area (Å²) in [5.41, 5.74) is -0.615. The Labute approximate surface area is 92.1 Å². The van der Waals surface area contributed by atoms with Gasteiger partial charge in [0.15, 0.2) is 4.47 Å². The van der Waals surface area contributed by atoms with Crippen molar-refractivity contribution in [1.82, 2.24) is 4.98 Å². The van der Waals surface area contributed by atoms with E-state index in [-0.39, 0.29) is 0 Å². The minimum absolute atomic E-state index is 0.448. The van der Waals surface area contributed by atoms with Crippen molar-refractivity contribution in [2.75, 3.05) is 11.9 Å². The first-order valence-corrected chi connectivity index (χ1v) is 5.91. The Balaban J connectivity index is 1.87. The van der Waals surface area contributed by atoms with E-state index in [0.717, 1.165) is 18.7 Å². The molecule has 1 atom stereocenters. The molecule has 0 aromatic carbocycles. The largest absolute Gasteiger partial charge is 0.388 e. The van der Waals surface area contributed by atoms with Crippen molar-refractivity contribution >= 4 is 28.8 Å². The highest BCUT2D eigenvalue weighted by Gasteiger charge is 2.39. The monoisotopic (exact) mass is 232 g/mol. The van der Waals surface area contributed by atoms with Crippen LogP contribution in [0.4, 0.5) is 5.82 Å². The van der Waals surface area contributed by atoms with Crippen LogP contribution in [0, 0.1) is 5.92 Å². The van der Waals surface area contributed by atoms with Gasteiger partial charge < -0.3 is 10.4 Å². The predicted molar refractivity (Wildman–Crippen MR) is 59.0 cm³/mol. The normalized spacial score (nSPS) is 20.5. The van der Waals surface area contributed by atoms with Crippen LogP contribution in [0.2, 0.25) is 4.47 Å². The molecule has 1 aromatic heterocycles. The van der Waals surface area contributed by atoms with Crippen LogP contribution in [0.5, 0.6) is 0 Å². The van der Waals surface area contributed by atoms with E-state index in [2.05, 4.69) is 10.3 Å². The number of hydrogen-bond donors (Lipinski definition) is 2. The van der Waals surface area contributed by atoms with Gasteiger partial charge in [-0.3, -0.25) is 0 Å². The standard InChI is InChI=1S/C9H13ClN2OS/c1-9(13,6-2-3-6)5-11-7-4-14-8(10)12-7/h4,6,11,13H,2-3,5H2,1H3. The van der Waals surface area contributed by atoms with Crippen LogP contribution >= 0.6 is 22.9 Å². The highest BCUT2D eigenvalue weighted by atomic mass is 35.5. The molecule has 3 nitrogen and oxygen atoms in total. The van der Waals surface area contributed by atoms with Gasteiger partial charge in [-0.15, -0.1) is 11.3 Å². The van der Waals surface area contributed by atoms with Crippen molar-refractivity contribution in [3.8, 4) is 0 Å². The third kappa shape index (κ3) is 2.38. The molecule has 1 aliphatic carbocycles. The summed E-state index contributed by atoms with van der Waals surface area (Å²) in [6.07, 6.45) is 2.26. The van der Waals surface area contributed by atoms with Crippen LogP contribution in [0.3, 0.4) is 0 Å². The fraction of sp³-hybridized carbons (Fsp3) is 0.667. The fourth-order valence-corrected chi connectivity index (χ4v) is 2.17. The number of rotatable bonds is 4. The van der Waals surface area contributed by atoms with E-state index in [1.165, 1.54) is 11.3 Å². The van der Waals surface area contributed by atoms with Gasteiger partial charge in [-0.25, -0.2) is 4.98 Å². The molecule has 1 fully saturated rings. The summed E-state index contributed by atoms with van der Waals surface area (Å²) in [7, 11) is 0. The fourth-order valence-electron chi connectivity index (χ4n) is 1.45. The Bertz CT molecular complexity index is 322. The lowest BCUT2D eigenvalue weighted by atomic mass is 10.0. The molecule has 0 spiro atoms. The number of anilines is 1. The zero-order valence-electron chi connectivity index (χ0n) is 7.96. The molecule has 1 unspecified atom stereocenters. The number of nitrogens with zero attached hydrogens (tertiary/aromatic N) is 1. The molecule has 1 heterocycles. The van der Waals surface area contributed by atoms with Crippen LogP contribution in [0.25, 0.3) is 0 Å². The maximum absolute atomic E-state index is 10.0. The molecule has 0 saturated heterocycles. The van der Waals surface area contributed by atoms with Crippen molar-refractivity contribution < 1.29 is 5.11 Å². The zero-order valence-corrected chi connectivity index (χ0v) is 9.53. The summed E-state index contributed by atoms with van der Waals surface area (Å²) in [6.45, 7) is 2.41. The van der Waals surface area contributed by atoms with E-state index in [4.69, 9.17) is 11.6 Å². The Kier molecular flexibility index (Phi) is 2.68. The van der Waals surface area contributed by atoms with E-state index < -0.39 is 5.60 Å². The number of aromatic nitrogens is 1. The van der Waals surface area contributed by atoms with Gasteiger partial charge in [0.2, 0.25) is 0 Å². The lowest BCUT2D eigenvalue weighted by molar-refractivity contribution is 0.0503. The van der Waals surface area contributed by atoms with Gasteiger partial charge in [0.25, 0.3) is 0 Å². The number of halogens is 1. The molecule has 1 aromatic rings. The molecule has 78 valence electrons. The van der Waals surface area contributed by atoms with E-state index in [9.17, 15) is 5.11 Å². The SMILES string of the molecule is CC(O)(CNc1csc(Cl)n1)C1CC1. The van der Waals surface area contributed by atoms with Crippen LogP contribution in [0.15, 0.2) is 5.38 Å². The van der Waals surface area contributed by atoms with E-state index in [1.54, 1.807) is 0 Å². The summed E-state index contributed by atoms with van der Waals surface area (Å²) in [6, 6.07) is 0. The van der Waals surface area contributed by atoms with Crippen molar-refractivity contribution in [3.63, 3.8) is 0 Å². The maximum atomic E-state index is 10.0. The first kappa shape index (κ1) is 10.2. The van der Waals surface area contributed by atoms with Crippen molar-refractivity contribution in [2.45, 2.75) is 25.4 Å². The van der Waals surface area contributed by atoms with E-state index in [1.807, 2.05) is 12.3 Å². The molecular formula is C9H13ClN2OS. The summed E-state index contributed by atoms with van der Waals surface area (Å²) < 4.78 is 0.526. The second-order valence-electron chi connectivity index (χ2n) is 3.97. The number of aliphatic hydroxyl groups is 1. The van der Waals surface area contributed by atoms with Gasteiger partial charge >= 0.3 is 0 Å². The highest BCUT2D eigenvalue weighted by Crippen LogP contribution is 2.39. The minimum Gasteiger partial charge on any atom is -0.388 e. The van der Waals surface area contributed by atoms with Crippen LogP contribution in [0.1, 0.15) is 19.8 Å². The average Bonchev–Trinajstić information content (AvgIpc) is 2.89. The predicted octanol–water partition coefficient (Wildman–Crippen LogP) is 2.37. The molecular weight excluding hydrogens is 220 g/mol. The molecule has 0 radical (unpaired) electrons. The van der Waals surface area contributed by atoms with Gasteiger partial charge in [0.1, 0.15) is 5.82 Å². The Morgan fingerprint density at radius 2 is 2.50 bits per heavy atom. The second kappa shape index (κ2) is 3.68. The maximum Gasteiger partial charge on any atom is 0.185 e. The summed E-state index contributed by atoms with van der Waals surface area (Å²) in [5, 5.41) is 14.9. The average molecular weight is 233 g/mol. The third-order valence-electron chi connectivity index (χ3n) is 2.56.